The van der Waals surface area contributed by atoms with Crippen LogP contribution < -0.4 is 5.73 Å². The van der Waals surface area contributed by atoms with Gasteiger partial charge in [-0.05, 0) is 28.1 Å². The third-order valence-corrected chi connectivity index (χ3v) is 4.21. The Hall–Kier alpha value is -1.28. The molecule has 1 fully saturated rings. The number of nitrogen functional groups attached to an aromatic ring is 1. The molecule has 21 heavy (non-hydrogen) atoms. The Morgan fingerprint density at radius 3 is 2.43 bits per heavy atom. The summed E-state index contributed by atoms with van der Waals surface area (Å²) in [5.74, 6) is -0.221. The lowest BCUT2D eigenvalue weighted by Gasteiger charge is -2.35. The van der Waals surface area contributed by atoms with Gasteiger partial charge in [0, 0.05) is 31.9 Å². The molecule has 0 atom stereocenters. The zero-order valence-electron chi connectivity index (χ0n) is 11.2. The minimum absolute atomic E-state index is 0.213. The topological polar surface area (TPSA) is 49.6 Å². The number of nitrogens with two attached hydrogens (primary N) is 1. The zero-order valence-corrected chi connectivity index (χ0v) is 12.7. The smallest absolute Gasteiger partial charge is 0.398 e. The number of carbonyl (C=O) groups is 1. The van der Waals surface area contributed by atoms with Gasteiger partial charge in [0.2, 0.25) is 0 Å². The molecule has 1 aromatic rings. The van der Waals surface area contributed by atoms with Gasteiger partial charge >= 0.3 is 6.18 Å². The van der Waals surface area contributed by atoms with Crippen molar-refractivity contribution in [1.29, 1.82) is 0 Å². The highest BCUT2D eigenvalue weighted by Crippen LogP contribution is 2.25. The van der Waals surface area contributed by atoms with Gasteiger partial charge in [-0.15, -0.1) is 0 Å². The number of piperazine rings is 1. The number of hydrogen-bond acceptors (Lipinski definition) is 3. The molecule has 1 aromatic carbocycles. The predicted molar refractivity (Wildman–Crippen MR) is 77.0 cm³/mol. The molecule has 8 heteroatoms. The van der Waals surface area contributed by atoms with Crippen molar-refractivity contribution in [3.63, 3.8) is 0 Å². The fraction of sp³-hybridized carbons (Fsp3) is 0.462. The fourth-order valence-corrected chi connectivity index (χ4v) is 2.68. The summed E-state index contributed by atoms with van der Waals surface area (Å²) in [5.41, 5.74) is 6.61. The molecular formula is C13H15BrF3N3O. The normalized spacial score (nSPS) is 17.0. The minimum Gasteiger partial charge on any atom is -0.398 e. The van der Waals surface area contributed by atoms with Crippen molar-refractivity contribution in [1.82, 2.24) is 9.80 Å². The summed E-state index contributed by atoms with van der Waals surface area (Å²) in [6.45, 7) is 0.0414. The lowest BCUT2D eigenvalue weighted by atomic mass is 10.1. The van der Waals surface area contributed by atoms with E-state index in [1.165, 1.54) is 4.90 Å². The largest absolute Gasteiger partial charge is 0.401 e. The molecule has 1 aliphatic rings. The summed E-state index contributed by atoms with van der Waals surface area (Å²) < 4.78 is 37.5. The van der Waals surface area contributed by atoms with Gasteiger partial charge in [0.15, 0.2) is 0 Å². The van der Waals surface area contributed by atoms with E-state index >= 15 is 0 Å². The van der Waals surface area contributed by atoms with Crippen molar-refractivity contribution in [2.75, 3.05) is 38.5 Å². The van der Waals surface area contributed by atoms with Crippen molar-refractivity contribution in [3.8, 4) is 0 Å². The fourth-order valence-electron chi connectivity index (χ4n) is 2.25. The number of anilines is 1. The van der Waals surface area contributed by atoms with E-state index < -0.39 is 12.7 Å². The Kier molecular flexibility index (Phi) is 4.77. The number of amides is 1. The van der Waals surface area contributed by atoms with Crippen LogP contribution in [-0.4, -0.2) is 54.6 Å². The first kappa shape index (κ1) is 16.1. The first-order chi connectivity index (χ1) is 9.78. The quantitative estimate of drug-likeness (QED) is 0.818. The maximum atomic E-state index is 12.4. The average Bonchev–Trinajstić information content (AvgIpc) is 2.40. The molecule has 1 amide bonds. The van der Waals surface area contributed by atoms with E-state index in [-0.39, 0.29) is 32.1 Å². The molecular weight excluding hydrogens is 351 g/mol. The van der Waals surface area contributed by atoms with Crippen molar-refractivity contribution >= 4 is 27.5 Å². The number of carbonyl (C=O) groups excluding carboxylic acids is 1. The molecule has 0 aromatic heterocycles. The Labute approximate surface area is 128 Å². The summed E-state index contributed by atoms with van der Waals surface area (Å²) in [7, 11) is 0. The molecule has 0 saturated carbocycles. The Balaban J connectivity index is 1.99. The third-order valence-electron chi connectivity index (χ3n) is 3.32. The molecule has 0 radical (unpaired) electrons. The molecule has 0 aliphatic carbocycles. The standard InChI is InChI=1S/C13H15BrF3N3O/c14-11-9(2-1-3-10(11)18)12(21)20-6-4-19(5-7-20)8-13(15,16)17/h1-3H,4-8,18H2. The van der Waals surface area contributed by atoms with Crippen molar-refractivity contribution < 1.29 is 18.0 Å². The number of halogens is 4. The third kappa shape index (κ3) is 4.10. The summed E-state index contributed by atoms with van der Waals surface area (Å²) in [6.07, 6.45) is -4.21. The minimum atomic E-state index is -4.21. The van der Waals surface area contributed by atoms with Crippen molar-refractivity contribution in [3.05, 3.63) is 28.2 Å². The van der Waals surface area contributed by atoms with Crippen LogP contribution in [-0.2, 0) is 0 Å². The van der Waals surface area contributed by atoms with Crippen molar-refractivity contribution in [2.24, 2.45) is 0 Å². The second-order valence-electron chi connectivity index (χ2n) is 4.89. The van der Waals surface area contributed by atoms with Crippen LogP contribution in [0.2, 0.25) is 0 Å². The highest BCUT2D eigenvalue weighted by atomic mass is 79.9. The van der Waals surface area contributed by atoms with Crippen LogP contribution >= 0.6 is 15.9 Å². The van der Waals surface area contributed by atoms with Crippen LogP contribution in [0.5, 0.6) is 0 Å². The van der Waals surface area contributed by atoms with Crippen LogP contribution in [0.4, 0.5) is 18.9 Å². The van der Waals surface area contributed by atoms with E-state index in [9.17, 15) is 18.0 Å². The number of hydrogen-bond donors (Lipinski definition) is 1. The highest BCUT2D eigenvalue weighted by Gasteiger charge is 2.33. The monoisotopic (exact) mass is 365 g/mol. The molecule has 0 bridgehead atoms. The van der Waals surface area contributed by atoms with E-state index in [1.807, 2.05) is 0 Å². The molecule has 0 unspecified atom stereocenters. The summed E-state index contributed by atoms with van der Waals surface area (Å²) in [6, 6.07) is 4.99. The van der Waals surface area contributed by atoms with E-state index in [1.54, 1.807) is 23.1 Å². The number of rotatable bonds is 2. The second kappa shape index (κ2) is 6.23. The Morgan fingerprint density at radius 2 is 1.86 bits per heavy atom. The molecule has 1 heterocycles. The van der Waals surface area contributed by atoms with Crippen molar-refractivity contribution in [2.45, 2.75) is 6.18 Å². The molecule has 0 spiro atoms. The van der Waals surface area contributed by atoms with Crippen LogP contribution in [0.3, 0.4) is 0 Å². The SMILES string of the molecule is Nc1cccc(C(=O)N2CCN(CC(F)(F)F)CC2)c1Br. The maximum Gasteiger partial charge on any atom is 0.401 e. The van der Waals surface area contributed by atoms with E-state index in [0.29, 0.717) is 15.7 Å². The van der Waals surface area contributed by atoms with Gasteiger partial charge in [-0.1, -0.05) is 6.07 Å². The van der Waals surface area contributed by atoms with Gasteiger partial charge in [-0.25, -0.2) is 0 Å². The van der Waals surface area contributed by atoms with Crippen LogP contribution in [0.1, 0.15) is 10.4 Å². The Bertz CT molecular complexity index is 528. The van der Waals surface area contributed by atoms with Gasteiger partial charge in [-0.3, -0.25) is 9.69 Å². The second-order valence-corrected chi connectivity index (χ2v) is 5.69. The molecule has 4 nitrogen and oxygen atoms in total. The first-order valence-electron chi connectivity index (χ1n) is 6.40. The summed E-state index contributed by atoms with van der Waals surface area (Å²) in [5, 5.41) is 0. The first-order valence-corrected chi connectivity index (χ1v) is 7.19. The molecule has 1 aliphatic heterocycles. The maximum absolute atomic E-state index is 12.4. The summed E-state index contributed by atoms with van der Waals surface area (Å²) >= 11 is 3.27. The van der Waals surface area contributed by atoms with Gasteiger partial charge in [0.05, 0.1) is 16.6 Å². The summed E-state index contributed by atoms with van der Waals surface area (Å²) in [4.78, 5) is 15.2. The van der Waals surface area contributed by atoms with Gasteiger partial charge in [0.1, 0.15) is 0 Å². The van der Waals surface area contributed by atoms with Crippen LogP contribution in [0.25, 0.3) is 0 Å². The van der Waals surface area contributed by atoms with Crippen LogP contribution in [0, 0.1) is 0 Å². The molecule has 2 rings (SSSR count). The number of alkyl halides is 3. The molecule has 2 N–H and O–H groups in total. The van der Waals surface area contributed by atoms with E-state index in [4.69, 9.17) is 5.73 Å². The lowest BCUT2D eigenvalue weighted by Crippen LogP contribution is -2.51. The van der Waals surface area contributed by atoms with Gasteiger partial charge in [-0.2, -0.15) is 13.2 Å². The average molecular weight is 366 g/mol. The van der Waals surface area contributed by atoms with Gasteiger partial charge in [0.25, 0.3) is 5.91 Å². The highest BCUT2D eigenvalue weighted by molar-refractivity contribution is 9.10. The Morgan fingerprint density at radius 1 is 1.24 bits per heavy atom. The number of nitrogens with zero attached hydrogens (tertiary/aromatic N) is 2. The van der Waals surface area contributed by atoms with E-state index in [2.05, 4.69) is 15.9 Å². The van der Waals surface area contributed by atoms with E-state index in [0.717, 1.165) is 0 Å². The predicted octanol–water partition coefficient (Wildman–Crippen LogP) is 2.35. The molecule has 116 valence electrons. The van der Waals surface area contributed by atoms with Gasteiger partial charge < -0.3 is 10.6 Å². The number of benzene rings is 1. The van der Waals surface area contributed by atoms with Crippen LogP contribution in [0.15, 0.2) is 22.7 Å². The molecule has 1 saturated heterocycles. The lowest BCUT2D eigenvalue weighted by molar-refractivity contribution is -0.148. The zero-order chi connectivity index (χ0) is 15.6.